The molecule has 0 bridgehead atoms. The summed E-state index contributed by atoms with van der Waals surface area (Å²) in [5.41, 5.74) is 1.98. The molecule has 0 fully saturated rings. The van der Waals surface area contributed by atoms with Gasteiger partial charge in [0, 0.05) is 17.5 Å². The third kappa shape index (κ3) is 1.93. The van der Waals surface area contributed by atoms with Gasteiger partial charge in [-0.3, -0.25) is 9.59 Å². The fourth-order valence-corrected chi connectivity index (χ4v) is 1.98. The normalized spacial score (nSPS) is 13.2. The molecule has 1 amide bonds. The number of amides is 1. The highest BCUT2D eigenvalue weighted by atomic mass is 16.2. The standard InChI is InChI=1S/C15H13NO2/c1-3-7-13(17)16-14-10(4-2)11-8-5-6-9-12(11)15(14)18/h2,5-6,8-9H,3,7H2,1H3,(H,16,17,18). The summed E-state index contributed by atoms with van der Waals surface area (Å²) in [5, 5.41) is 2.63. The van der Waals surface area contributed by atoms with Gasteiger partial charge in [0.15, 0.2) is 0 Å². The number of terminal acetylenes is 1. The van der Waals surface area contributed by atoms with Crippen molar-refractivity contribution in [3.05, 3.63) is 41.1 Å². The van der Waals surface area contributed by atoms with E-state index in [1.54, 1.807) is 18.2 Å². The molecular weight excluding hydrogens is 226 g/mol. The summed E-state index contributed by atoms with van der Waals surface area (Å²) in [7, 11) is 0. The fourth-order valence-electron chi connectivity index (χ4n) is 1.98. The number of Topliss-reactive ketones (excluding diaryl/α,β-unsaturated/α-hetero) is 1. The van der Waals surface area contributed by atoms with Crippen molar-refractivity contribution in [2.45, 2.75) is 19.8 Å². The molecule has 0 radical (unpaired) electrons. The Kier molecular flexibility index (Phi) is 3.29. The molecule has 0 saturated carbocycles. The second kappa shape index (κ2) is 4.89. The van der Waals surface area contributed by atoms with Crippen LogP contribution in [0.15, 0.2) is 30.0 Å². The Morgan fingerprint density at radius 2 is 2.00 bits per heavy atom. The minimum Gasteiger partial charge on any atom is -0.322 e. The number of carbonyl (C=O) groups excluding carboxylic acids is 2. The second-order valence-electron chi connectivity index (χ2n) is 4.07. The van der Waals surface area contributed by atoms with E-state index in [0.717, 1.165) is 12.0 Å². The van der Waals surface area contributed by atoms with E-state index in [-0.39, 0.29) is 17.4 Å². The Bertz CT molecular complexity index is 591. The number of carbonyl (C=O) groups is 2. The van der Waals surface area contributed by atoms with Crippen LogP contribution < -0.4 is 5.32 Å². The molecule has 3 nitrogen and oxygen atoms in total. The summed E-state index contributed by atoms with van der Waals surface area (Å²) in [6.45, 7) is 1.90. The van der Waals surface area contributed by atoms with Crippen LogP contribution in [0.25, 0.3) is 5.57 Å². The van der Waals surface area contributed by atoms with Gasteiger partial charge in [0.05, 0.1) is 5.57 Å². The van der Waals surface area contributed by atoms with Crippen molar-refractivity contribution in [2.75, 3.05) is 0 Å². The molecule has 0 unspecified atom stereocenters. The van der Waals surface area contributed by atoms with Crippen molar-refractivity contribution in [1.29, 1.82) is 0 Å². The summed E-state index contributed by atoms with van der Waals surface area (Å²) in [6, 6.07) is 7.11. The molecule has 18 heavy (non-hydrogen) atoms. The van der Waals surface area contributed by atoms with Gasteiger partial charge in [0.1, 0.15) is 5.70 Å². The van der Waals surface area contributed by atoms with Gasteiger partial charge in [-0.05, 0) is 6.42 Å². The van der Waals surface area contributed by atoms with Gasteiger partial charge in [-0.2, -0.15) is 0 Å². The highest BCUT2D eigenvalue weighted by Crippen LogP contribution is 2.30. The molecule has 1 aliphatic carbocycles. The number of fused-ring (bicyclic) bond motifs is 1. The SMILES string of the molecule is C#CC1=C(NC(=O)CCC)C(=O)c2ccccc21. The molecule has 0 atom stereocenters. The van der Waals surface area contributed by atoms with E-state index in [4.69, 9.17) is 6.42 Å². The van der Waals surface area contributed by atoms with Gasteiger partial charge in [0.25, 0.3) is 0 Å². The van der Waals surface area contributed by atoms with Crippen LogP contribution in [0.3, 0.4) is 0 Å². The average Bonchev–Trinajstić information content (AvgIpc) is 2.63. The molecule has 1 aromatic carbocycles. The van der Waals surface area contributed by atoms with Crippen LogP contribution in [0.5, 0.6) is 0 Å². The van der Waals surface area contributed by atoms with E-state index < -0.39 is 0 Å². The van der Waals surface area contributed by atoms with E-state index in [1.807, 2.05) is 13.0 Å². The molecule has 0 saturated heterocycles. The van der Waals surface area contributed by atoms with Gasteiger partial charge in [-0.15, -0.1) is 6.42 Å². The van der Waals surface area contributed by atoms with Crippen LogP contribution in [-0.4, -0.2) is 11.7 Å². The third-order valence-electron chi connectivity index (χ3n) is 2.80. The third-order valence-corrected chi connectivity index (χ3v) is 2.80. The van der Waals surface area contributed by atoms with Crippen LogP contribution in [0, 0.1) is 12.3 Å². The zero-order valence-electron chi connectivity index (χ0n) is 10.1. The molecule has 1 aliphatic rings. The number of allylic oxidation sites excluding steroid dienone is 2. The molecule has 90 valence electrons. The van der Waals surface area contributed by atoms with Gasteiger partial charge >= 0.3 is 0 Å². The maximum absolute atomic E-state index is 12.1. The van der Waals surface area contributed by atoms with Crippen molar-refractivity contribution in [1.82, 2.24) is 5.32 Å². The lowest BCUT2D eigenvalue weighted by Crippen LogP contribution is -2.25. The van der Waals surface area contributed by atoms with Crippen LogP contribution in [0.2, 0.25) is 0 Å². The van der Waals surface area contributed by atoms with Crippen LogP contribution in [0.1, 0.15) is 35.7 Å². The van der Waals surface area contributed by atoms with E-state index in [9.17, 15) is 9.59 Å². The molecule has 1 N–H and O–H groups in total. The average molecular weight is 239 g/mol. The van der Waals surface area contributed by atoms with Crippen molar-refractivity contribution < 1.29 is 9.59 Å². The number of benzene rings is 1. The number of ketones is 1. The smallest absolute Gasteiger partial charge is 0.224 e. The van der Waals surface area contributed by atoms with Gasteiger partial charge in [-0.25, -0.2) is 0 Å². The zero-order chi connectivity index (χ0) is 13.1. The predicted octanol–water partition coefficient (Wildman–Crippen LogP) is 2.14. The lowest BCUT2D eigenvalue weighted by molar-refractivity contribution is -0.120. The van der Waals surface area contributed by atoms with Gasteiger partial charge < -0.3 is 5.32 Å². The first-order chi connectivity index (χ1) is 8.69. The van der Waals surface area contributed by atoms with E-state index >= 15 is 0 Å². The van der Waals surface area contributed by atoms with Gasteiger partial charge in [0.2, 0.25) is 11.7 Å². The number of nitrogens with one attached hydrogen (secondary N) is 1. The Hall–Kier alpha value is -2.34. The molecule has 2 rings (SSSR count). The predicted molar refractivity (Wildman–Crippen MR) is 69.6 cm³/mol. The lowest BCUT2D eigenvalue weighted by Gasteiger charge is -2.04. The van der Waals surface area contributed by atoms with E-state index in [1.165, 1.54) is 0 Å². The van der Waals surface area contributed by atoms with Gasteiger partial charge in [-0.1, -0.05) is 37.1 Å². The maximum atomic E-state index is 12.1. The first kappa shape index (κ1) is 12.1. The van der Waals surface area contributed by atoms with Crippen molar-refractivity contribution >= 4 is 17.3 Å². The summed E-state index contributed by atoms with van der Waals surface area (Å²) in [5.74, 6) is 2.11. The first-order valence-corrected chi connectivity index (χ1v) is 5.83. The summed E-state index contributed by atoms with van der Waals surface area (Å²) in [4.78, 5) is 23.7. The van der Waals surface area contributed by atoms with Crippen LogP contribution in [0.4, 0.5) is 0 Å². The topological polar surface area (TPSA) is 46.2 Å². The molecule has 1 aromatic rings. The van der Waals surface area contributed by atoms with Crippen molar-refractivity contribution in [3.63, 3.8) is 0 Å². The summed E-state index contributed by atoms with van der Waals surface area (Å²) < 4.78 is 0. The second-order valence-corrected chi connectivity index (χ2v) is 4.07. The fraction of sp³-hybridized carbons (Fsp3) is 0.200. The largest absolute Gasteiger partial charge is 0.322 e. The molecule has 0 aromatic heterocycles. The minimum absolute atomic E-state index is 0.179. The highest BCUT2D eigenvalue weighted by molar-refractivity contribution is 6.23. The van der Waals surface area contributed by atoms with Crippen molar-refractivity contribution in [3.8, 4) is 12.3 Å². The maximum Gasteiger partial charge on any atom is 0.224 e. The first-order valence-electron chi connectivity index (χ1n) is 5.83. The Balaban J connectivity index is 2.39. The molecule has 3 heteroatoms. The lowest BCUT2D eigenvalue weighted by atomic mass is 10.1. The quantitative estimate of drug-likeness (QED) is 0.821. The summed E-state index contributed by atoms with van der Waals surface area (Å²) >= 11 is 0. The number of hydrogen-bond donors (Lipinski definition) is 1. The minimum atomic E-state index is -0.206. The Labute approximate surface area is 106 Å². The Morgan fingerprint density at radius 1 is 1.33 bits per heavy atom. The summed E-state index contributed by atoms with van der Waals surface area (Å²) in [6.07, 6.45) is 6.55. The molecule has 0 heterocycles. The van der Waals surface area contributed by atoms with E-state index in [0.29, 0.717) is 17.6 Å². The van der Waals surface area contributed by atoms with Crippen molar-refractivity contribution in [2.24, 2.45) is 0 Å². The van der Waals surface area contributed by atoms with Crippen LogP contribution >= 0.6 is 0 Å². The monoisotopic (exact) mass is 239 g/mol. The molecular formula is C15H13NO2. The zero-order valence-corrected chi connectivity index (χ0v) is 10.1. The Morgan fingerprint density at radius 3 is 2.61 bits per heavy atom. The van der Waals surface area contributed by atoms with E-state index in [2.05, 4.69) is 11.2 Å². The molecule has 0 spiro atoms. The highest BCUT2D eigenvalue weighted by Gasteiger charge is 2.29. The number of hydrogen-bond acceptors (Lipinski definition) is 2. The number of rotatable bonds is 3. The van der Waals surface area contributed by atoms with Crippen LogP contribution in [-0.2, 0) is 4.79 Å². The molecule has 0 aliphatic heterocycles.